The standard InChI is InChI=1S/C18H21BrN2OS/c1-2-22-17-11-5-14(6-12-17)4-3-13-20-18(23)21-16-9-7-15(19)8-10-16/h5-12H,2-4,13H2,1H3,(H2,20,21,23). The zero-order valence-electron chi connectivity index (χ0n) is 13.1. The second kappa shape index (κ2) is 9.53. The van der Waals surface area contributed by atoms with Gasteiger partial charge in [0.05, 0.1) is 6.61 Å². The molecule has 0 saturated heterocycles. The van der Waals surface area contributed by atoms with Crippen LogP contribution in [0.5, 0.6) is 5.75 Å². The van der Waals surface area contributed by atoms with Crippen LogP contribution in [-0.4, -0.2) is 18.3 Å². The van der Waals surface area contributed by atoms with Gasteiger partial charge >= 0.3 is 0 Å². The summed E-state index contributed by atoms with van der Waals surface area (Å²) in [6.45, 7) is 3.53. The quantitative estimate of drug-likeness (QED) is 0.525. The van der Waals surface area contributed by atoms with E-state index in [1.54, 1.807) is 0 Å². The molecule has 2 N–H and O–H groups in total. The number of hydrogen-bond acceptors (Lipinski definition) is 2. The first-order valence-corrected chi connectivity index (χ1v) is 8.89. The van der Waals surface area contributed by atoms with Crippen molar-refractivity contribution in [2.45, 2.75) is 19.8 Å². The van der Waals surface area contributed by atoms with E-state index in [0.717, 1.165) is 35.3 Å². The van der Waals surface area contributed by atoms with Gasteiger partial charge in [-0.2, -0.15) is 0 Å². The van der Waals surface area contributed by atoms with Gasteiger partial charge in [0.25, 0.3) is 0 Å². The van der Waals surface area contributed by atoms with Gasteiger partial charge in [-0.25, -0.2) is 0 Å². The predicted molar refractivity (Wildman–Crippen MR) is 104 cm³/mol. The zero-order valence-corrected chi connectivity index (χ0v) is 15.5. The molecule has 0 fully saturated rings. The lowest BCUT2D eigenvalue weighted by Crippen LogP contribution is -2.29. The summed E-state index contributed by atoms with van der Waals surface area (Å²) in [5, 5.41) is 7.06. The molecule has 0 unspecified atom stereocenters. The maximum Gasteiger partial charge on any atom is 0.170 e. The maximum atomic E-state index is 5.44. The first kappa shape index (κ1) is 17.8. The third-order valence-electron chi connectivity index (χ3n) is 3.26. The average Bonchev–Trinajstić information content (AvgIpc) is 2.55. The second-order valence-corrected chi connectivity index (χ2v) is 6.39. The number of rotatable bonds is 7. The Morgan fingerprint density at radius 3 is 2.43 bits per heavy atom. The van der Waals surface area contributed by atoms with Gasteiger partial charge in [0.15, 0.2) is 5.11 Å². The summed E-state index contributed by atoms with van der Waals surface area (Å²) >= 11 is 8.71. The van der Waals surface area contributed by atoms with Gasteiger partial charge in [-0.3, -0.25) is 0 Å². The highest BCUT2D eigenvalue weighted by molar-refractivity contribution is 9.10. The molecule has 2 rings (SSSR count). The second-order valence-electron chi connectivity index (χ2n) is 5.07. The van der Waals surface area contributed by atoms with Crippen molar-refractivity contribution in [2.24, 2.45) is 0 Å². The number of hydrogen-bond donors (Lipinski definition) is 2. The van der Waals surface area contributed by atoms with Gasteiger partial charge in [-0.15, -0.1) is 0 Å². The zero-order chi connectivity index (χ0) is 16.5. The highest BCUT2D eigenvalue weighted by atomic mass is 79.9. The van der Waals surface area contributed by atoms with Gasteiger partial charge in [0.1, 0.15) is 5.75 Å². The first-order valence-electron chi connectivity index (χ1n) is 7.69. The molecule has 0 bridgehead atoms. The van der Waals surface area contributed by atoms with E-state index in [0.29, 0.717) is 11.7 Å². The molecule has 2 aromatic carbocycles. The molecule has 23 heavy (non-hydrogen) atoms. The highest BCUT2D eigenvalue weighted by Gasteiger charge is 1.99. The summed E-state index contributed by atoms with van der Waals surface area (Å²) in [6, 6.07) is 16.2. The van der Waals surface area contributed by atoms with Crippen molar-refractivity contribution in [1.82, 2.24) is 5.32 Å². The van der Waals surface area contributed by atoms with Crippen LogP contribution in [0.1, 0.15) is 18.9 Å². The van der Waals surface area contributed by atoms with E-state index in [1.807, 2.05) is 43.3 Å². The van der Waals surface area contributed by atoms with Gasteiger partial charge in [0, 0.05) is 16.7 Å². The highest BCUT2D eigenvalue weighted by Crippen LogP contribution is 2.14. The molecule has 5 heteroatoms. The van der Waals surface area contributed by atoms with Crippen LogP contribution in [0.2, 0.25) is 0 Å². The van der Waals surface area contributed by atoms with Crippen molar-refractivity contribution in [3.63, 3.8) is 0 Å². The van der Waals surface area contributed by atoms with E-state index < -0.39 is 0 Å². The van der Waals surface area contributed by atoms with Crippen LogP contribution in [0.25, 0.3) is 0 Å². The molecule has 0 aromatic heterocycles. The minimum absolute atomic E-state index is 0.652. The summed E-state index contributed by atoms with van der Waals surface area (Å²) in [6.07, 6.45) is 2.04. The summed E-state index contributed by atoms with van der Waals surface area (Å²) in [5.74, 6) is 0.925. The Morgan fingerprint density at radius 1 is 1.09 bits per heavy atom. The molecular formula is C18H21BrN2OS. The number of aryl methyl sites for hydroxylation is 1. The van der Waals surface area contributed by atoms with Crippen LogP contribution in [0.4, 0.5) is 5.69 Å². The Balaban J connectivity index is 1.66. The molecule has 0 aliphatic heterocycles. The molecule has 0 saturated carbocycles. The number of halogens is 1. The number of benzene rings is 2. The number of thiocarbonyl (C=S) groups is 1. The van der Waals surface area contributed by atoms with Crippen LogP contribution in [0.15, 0.2) is 53.0 Å². The van der Waals surface area contributed by atoms with Crippen molar-refractivity contribution < 1.29 is 4.74 Å². The van der Waals surface area contributed by atoms with Crippen molar-refractivity contribution >= 4 is 38.9 Å². The molecule has 3 nitrogen and oxygen atoms in total. The fraction of sp³-hybridized carbons (Fsp3) is 0.278. The first-order chi connectivity index (χ1) is 11.2. The molecule has 122 valence electrons. The SMILES string of the molecule is CCOc1ccc(CCCNC(=S)Nc2ccc(Br)cc2)cc1. The van der Waals surface area contributed by atoms with Gasteiger partial charge in [0.2, 0.25) is 0 Å². The smallest absolute Gasteiger partial charge is 0.170 e. The van der Waals surface area contributed by atoms with E-state index >= 15 is 0 Å². The summed E-state index contributed by atoms with van der Waals surface area (Å²) in [5.41, 5.74) is 2.29. The van der Waals surface area contributed by atoms with E-state index in [-0.39, 0.29) is 0 Å². The Hall–Kier alpha value is -1.59. The maximum absolute atomic E-state index is 5.44. The Bertz CT molecular complexity index is 614. The Labute approximate surface area is 151 Å². The molecular weight excluding hydrogens is 372 g/mol. The van der Waals surface area contributed by atoms with Crippen LogP contribution < -0.4 is 15.4 Å². The minimum atomic E-state index is 0.652. The van der Waals surface area contributed by atoms with Crippen LogP contribution in [0, 0.1) is 0 Å². The third kappa shape index (κ3) is 6.59. The number of nitrogens with one attached hydrogen (secondary N) is 2. The normalized spacial score (nSPS) is 10.2. The van der Waals surface area contributed by atoms with Crippen LogP contribution >= 0.6 is 28.1 Å². The molecule has 0 aliphatic carbocycles. The van der Waals surface area contributed by atoms with Gasteiger partial charge in [-0.1, -0.05) is 28.1 Å². The van der Waals surface area contributed by atoms with E-state index in [9.17, 15) is 0 Å². The minimum Gasteiger partial charge on any atom is -0.494 e. The van der Waals surface area contributed by atoms with Crippen LogP contribution in [-0.2, 0) is 6.42 Å². The number of ether oxygens (including phenoxy) is 1. The summed E-state index contributed by atoms with van der Waals surface area (Å²) in [7, 11) is 0. The molecule has 2 aromatic rings. The predicted octanol–water partition coefficient (Wildman–Crippen LogP) is 4.77. The topological polar surface area (TPSA) is 33.3 Å². The van der Waals surface area contributed by atoms with E-state index in [4.69, 9.17) is 17.0 Å². The molecule has 0 heterocycles. The fourth-order valence-corrected chi connectivity index (χ4v) is 2.61. The molecule has 0 atom stereocenters. The monoisotopic (exact) mass is 392 g/mol. The fourth-order valence-electron chi connectivity index (χ4n) is 2.12. The third-order valence-corrected chi connectivity index (χ3v) is 4.04. The van der Waals surface area contributed by atoms with E-state index in [1.165, 1.54) is 5.56 Å². The summed E-state index contributed by atoms with van der Waals surface area (Å²) < 4.78 is 6.49. The number of anilines is 1. The van der Waals surface area contributed by atoms with Gasteiger partial charge < -0.3 is 15.4 Å². The lowest BCUT2D eigenvalue weighted by atomic mass is 10.1. The Morgan fingerprint density at radius 2 is 1.78 bits per heavy atom. The lowest BCUT2D eigenvalue weighted by Gasteiger charge is -2.10. The molecule has 0 amide bonds. The van der Waals surface area contributed by atoms with Crippen molar-refractivity contribution in [1.29, 1.82) is 0 Å². The molecule has 0 spiro atoms. The lowest BCUT2D eigenvalue weighted by molar-refractivity contribution is 0.340. The van der Waals surface area contributed by atoms with Crippen molar-refractivity contribution in [3.8, 4) is 5.75 Å². The largest absolute Gasteiger partial charge is 0.494 e. The Kier molecular flexibility index (Phi) is 7.36. The van der Waals surface area contributed by atoms with Crippen LogP contribution in [0.3, 0.4) is 0 Å². The van der Waals surface area contributed by atoms with Gasteiger partial charge in [-0.05, 0) is 73.9 Å². The summed E-state index contributed by atoms with van der Waals surface area (Å²) in [4.78, 5) is 0. The van der Waals surface area contributed by atoms with E-state index in [2.05, 4.69) is 38.7 Å². The average molecular weight is 393 g/mol. The van der Waals surface area contributed by atoms with Crippen molar-refractivity contribution in [2.75, 3.05) is 18.5 Å². The van der Waals surface area contributed by atoms with Crippen molar-refractivity contribution in [3.05, 3.63) is 58.6 Å². The molecule has 0 radical (unpaired) electrons. The molecule has 0 aliphatic rings.